The fraction of sp³-hybridized carbons (Fsp3) is 0.167. The summed E-state index contributed by atoms with van der Waals surface area (Å²) < 4.78 is 13.3. The van der Waals surface area contributed by atoms with Crippen LogP contribution in [0.5, 0.6) is 0 Å². The number of hydrogen-bond donors (Lipinski definition) is 0. The van der Waals surface area contributed by atoms with Crippen LogP contribution in [0.25, 0.3) is 0 Å². The number of nitrogens with zero attached hydrogens (tertiary/aromatic N) is 1. The zero-order chi connectivity index (χ0) is 7.56. The molecule has 0 bridgehead atoms. The van der Waals surface area contributed by atoms with E-state index >= 15 is 0 Å². The lowest BCUT2D eigenvalue weighted by molar-refractivity contribution is 0.618. The Morgan fingerprint density at radius 1 is 1.70 bits per heavy atom. The number of pyridine rings is 1. The Kier molecular flexibility index (Phi) is 3.03. The normalized spacial score (nSPS) is 9.90. The highest BCUT2D eigenvalue weighted by Crippen LogP contribution is 2.13. The Hall–Kier alpha value is 0.290. The molecule has 0 saturated heterocycles. The predicted octanol–water partition coefficient (Wildman–Crippen LogP) is 2.72. The molecule has 0 spiro atoms. The van der Waals surface area contributed by atoms with Crippen LogP contribution in [-0.4, -0.2) is 4.98 Å². The zero-order valence-corrected chi connectivity index (χ0v) is 8.69. The van der Waals surface area contributed by atoms with Gasteiger partial charge in [0.05, 0.1) is 6.20 Å². The summed E-state index contributed by atoms with van der Waals surface area (Å²) in [5.41, 5.74) is 0.889. The third kappa shape index (κ3) is 1.88. The van der Waals surface area contributed by atoms with Gasteiger partial charge in [-0.1, -0.05) is 15.9 Å². The summed E-state index contributed by atoms with van der Waals surface area (Å²) in [6.45, 7) is 0. The van der Waals surface area contributed by atoms with Crippen molar-refractivity contribution in [2.45, 2.75) is 5.33 Å². The lowest BCUT2D eigenvalue weighted by Gasteiger charge is -1.96. The van der Waals surface area contributed by atoms with Gasteiger partial charge in [-0.05, 0) is 34.2 Å². The molecule has 1 heterocycles. The van der Waals surface area contributed by atoms with Crippen LogP contribution in [-0.2, 0) is 5.33 Å². The van der Waals surface area contributed by atoms with E-state index in [4.69, 9.17) is 0 Å². The van der Waals surface area contributed by atoms with E-state index in [2.05, 4.69) is 43.5 Å². The first kappa shape index (κ1) is 8.39. The molecule has 1 rings (SSSR count). The number of alkyl halides is 1. The Bertz CT molecular complexity index is 241. The molecule has 0 radical (unpaired) electrons. The van der Waals surface area contributed by atoms with E-state index in [-0.39, 0.29) is 5.82 Å². The van der Waals surface area contributed by atoms with Crippen molar-refractivity contribution in [1.29, 1.82) is 0 Å². The maximum Gasteiger partial charge on any atom is 0.141 e. The van der Waals surface area contributed by atoms with E-state index in [1.54, 1.807) is 0 Å². The molecule has 0 N–H and O–H groups in total. The van der Waals surface area contributed by atoms with Gasteiger partial charge in [0.15, 0.2) is 0 Å². The van der Waals surface area contributed by atoms with Crippen LogP contribution in [0.4, 0.5) is 4.39 Å². The molecular weight excluding hydrogens is 312 g/mol. The maximum atomic E-state index is 12.4. The van der Waals surface area contributed by atoms with E-state index in [0.717, 1.165) is 9.26 Å². The summed E-state index contributed by atoms with van der Waals surface area (Å²) in [6.07, 6.45) is 1.22. The second-order valence-corrected chi connectivity index (χ2v) is 3.32. The Morgan fingerprint density at radius 2 is 2.40 bits per heavy atom. The highest BCUT2D eigenvalue weighted by molar-refractivity contribution is 14.1. The van der Waals surface area contributed by atoms with Crippen LogP contribution in [0.2, 0.25) is 0 Å². The van der Waals surface area contributed by atoms with Crippen LogP contribution in [0.15, 0.2) is 12.3 Å². The Balaban J connectivity index is 3.09. The molecule has 0 unspecified atom stereocenters. The lowest BCUT2D eigenvalue weighted by Crippen LogP contribution is -1.89. The van der Waals surface area contributed by atoms with E-state index in [9.17, 15) is 4.39 Å². The molecule has 0 aliphatic carbocycles. The summed E-state index contributed by atoms with van der Waals surface area (Å²) >= 11 is 5.30. The first-order valence-corrected chi connectivity index (χ1v) is 4.80. The number of rotatable bonds is 1. The molecule has 0 aliphatic heterocycles. The van der Waals surface area contributed by atoms with E-state index < -0.39 is 0 Å². The van der Waals surface area contributed by atoms with Crippen LogP contribution in [0.3, 0.4) is 0 Å². The van der Waals surface area contributed by atoms with Crippen LogP contribution in [0.1, 0.15) is 5.56 Å². The fourth-order valence-corrected chi connectivity index (χ4v) is 2.00. The van der Waals surface area contributed by atoms with Crippen molar-refractivity contribution >= 4 is 38.5 Å². The van der Waals surface area contributed by atoms with Crippen molar-refractivity contribution in [3.63, 3.8) is 0 Å². The van der Waals surface area contributed by atoms with E-state index in [1.807, 2.05) is 0 Å². The van der Waals surface area contributed by atoms with Crippen molar-refractivity contribution in [2.24, 2.45) is 0 Å². The number of hydrogen-bond acceptors (Lipinski definition) is 1. The lowest BCUT2D eigenvalue weighted by atomic mass is 10.3. The van der Waals surface area contributed by atoms with Gasteiger partial charge in [0, 0.05) is 5.33 Å². The quantitative estimate of drug-likeness (QED) is 0.441. The molecule has 54 valence electrons. The van der Waals surface area contributed by atoms with Gasteiger partial charge in [-0.2, -0.15) is 0 Å². The summed E-state index contributed by atoms with van der Waals surface area (Å²) in [4.78, 5) is 3.83. The van der Waals surface area contributed by atoms with Gasteiger partial charge in [-0.3, -0.25) is 0 Å². The SMILES string of the molecule is Fc1cnc(I)c(CBr)c1. The zero-order valence-electron chi connectivity index (χ0n) is 4.94. The molecule has 10 heavy (non-hydrogen) atoms. The van der Waals surface area contributed by atoms with Gasteiger partial charge in [-0.25, -0.2) is 9.37 Å². The van der Waals surface area contributed by atoms with Crippen molar-refractivity contribution in [1.82, 2.24) is 4.98 Å². The van der Waals surface area contributed by atoms with E-state index in [0.29, 0.717) is 5.33 Å². The molecule has 1 aromatic rings. The van der Waals surface area contributed by atoms with Gasteiger partial charge in [0.1, 0.15) is 9.52 Å². The minimum atomic E-state index is -0.283. The van der Waals surface area contributed by atoms with Crippen LogP contribution in [0, 0.1) is 9.52 Å². The van der Waals surface area contributed by atoms with Crippen molar-refractivity contribution in [2.75, 3.05) is 0 Å². The molecule has 1 aromatic heterocycles. The first-order chi connectivity index (χ1) is 4.74. The third-order valence-electron chi connectivity index (χ3n) is 1.02. The van der Waals surface area contributed by atoms with Gasteiger partial charge in [-0.15, -0.1) is 0 Å². The van der Waals surface area contributed by atoms with Gasteiger partial charge in [0.25, 0.3) is 0 Å². The maximum absolute atomic E-state index is 12.4. The van der Waals surface area contributed by atoms with Crippen LogP contribution >= 0.6 is 38.5 Å². The molecule has 0 saturated carbocycles. The highest BCUT2D eigenvalue weighted by atomic mass is 127. The average molecular weight is 316 g/mol. The molecule has 0 atom stereocenters. The molecule has 1 nitrogen and oxygen atoms in total. The number of halogens is 3. The largest absolute Gasteiger partial charge is 0.247 e. The molecule has 4 heteroatoms. The molecule has 0 aliphatic rings. The minimum Gasteiger partial charge on any atom is -0.247 e. The minimum absolute atomic E-state index is 0.283. The molecular formula is C6H4BrFIN. The Labute approximate surface area is 80.3 Å². The second-order valence-electron chi connectivity index (χ2n) is 1.74. The average Bonchev–Trinajstić information content (AvgIpc) is 1.94. The topological polar surface area (TPSA) is 12.9 Å². The summed E-state index contributed by atoms with van der Waals surface area (Å²) in [6, 6.07) is 1.48. The number of aromatic nitrogens is 1. The van der Waals surface area contributed by atoms with Crippen molar-refractivity contribution < 1.29 is 4.39 Å². The van der Waals surface area contributed by atoms with Gasteiger partial charge >= 0.3 is 0 Å². The highest BCUT2D eigenvalue weighted by Gasteiger charge is 1.99. The first-order valence-electron chi connectivity index (χ1n) is 2.60. The van der Waals surface area contributed by atoms with Gasteiger partial charge < -0.3 is 0 Å². The summed E-state index contributed by atoms with van der Waals surface area (Å²) in [7, 11) is 0. The third-order valence-corrected chi connectivity index (χ3v) is 2.60. The summed E-state index contributed by atoms with van der Waals surface area (Å²) in [5, 5.41) is 0.649. The van der Waals surface area contributed by atoms with E-state index in [1.165, 1.54) is 12.3 Å². The smallest absolute Gasteiger partial charge is 0.141 e. The van der Waals surface area contributed by atoms with Gasteiger partial charge in [0.2, 0.25) is 0 Å². The summed E-state index contributed by atoms with van der Waals surface area (Å²) in [5.74, 6) is -0.283. The fourth-order valence-electron chi connectivity index (χ4n) is 0.558. The molecule has 0 fully saturated rings. The standard InChI is InChI=1S/C6H4BrFIN/c7-2-4-1-5(8)3-10-6(4)9/h1,3H,2H2. The molecule has 0 amide bonds. The Morgan fingerprint density at radius 3 is 2.90 bits per heavy atom. The second kappa shape index (κ2) is 3.61. The van der Waals surface area contributed by atoms with Crippen molar-refractivity contribution in [3.05, 3.63) is 27.3 Å². The predicted molar refractivity (Wildman–Crippen MR) is 49.5 cm³/mol. The van der Waals surface area contributed by atoms with Crippen molar-refractivity contribution in [3.8, 4) is 0 Å². The van der Waals surface area contributed by atoms with Crippen LogP contribution < -0.4 is 0 Å². The molecule has 0 aromatic carbocycles. The monoisotopic (exact) mass is 315 g/mol.